The molecule has 0 aliphatic rings. The molecule has 1 N–H and O–H groups in total. The third-order valence-corrected chi connectivity index (χ3v) is 2.21. The van der Waals surface area contributed by atoms with Gasteiger partial charge in [-0.15, -0.1) is 0 Å². The summed E-state index contributed by atoms with van der Waals surface area (Å²) in [6.07, 6.45) is 1.80. The van der Waals surface area contributed by atoms with E-state index >= 15 is 0 Å². The molecule has 0 radical (unpaired) electrons. The third kappa shape index (κ3) is 7.35. The standard InChI is InChI=1S/C13H20F2O/c1-9(2)5-6-13(16)8-12(11(4)15)7-10(3)14/h7,9,13,16H,3-6,8H2,1-2H3/b12-7-. The highest BCUT2D eigenvalue weighted by Crippen LogP contribution is 2.21. The van der Waals surface area contributed by atoms with E-state index < -0.39 is 17.8 Å². The van der Waals surface area contributed by atoms with Gasteiger partial charge in [-0.25, -0.2) is 8.78 Å². The van der Waals surface area contributed by atoms with Crippen LogP contribution in [0.2, 0.25) is 0 Å². The van der Waals surface area contributed by atoms with Gasteiger partial charge in [-0.1, -0.05) is 27.0 Å². The van der Waals surface area contributed by atoms with Gasteiger partial charge in [0.1, 0.15) is 11.7 Å². The van der Waals surface area contributed by atoms with Crippen LogP contribution in [0.4, 0.5) is 8.78 Å². The minimum Gasteiger partial charge on any atom is -0.393 e. The largest absolute Gasteiger partial charge is 0.393 e. The Labute approximate surface area is 96.2 Å². The second-order valence-corrected chi connectivity index (χ2v) is 4.35. The van der Waals surface area contributed by atoms with Gasteiger partial charge in [-0.3, -0.25) is 0 Å². The Kier molecular flexibility index (Phi) is 6.90. The third-order valence-electron chi connectivity index (χ3n) is 2.21. The molecule has 0 rings (SSSR count). The SMILES string of the molecule is C=C(F)/C=C(/CC(O)CCC(C)C)C(=C)F. The minimum atomic E-state index is -0.732. The van der Waals surface area contributed by atoms with Crippen LogP contribution in [0.25, 0.3) is 0 Å². The predicted octanol–water partition coefficient (Wildman–Crippen LogP) is 4.07. The van der Waals surface area contributed by atoms with Crippen LogP contribution in [0.5, 0.6) is 0 Å². The number of rotatable bonds is 7. The molecule has 0 aromatic rings. The van der Waals surface area contributed by atoms with Crippen molar-refractivity contribution in [1.82, 2.24) is 0 Å². The molecule has 1 atom stereocenters. The zero-order chi connectivity index (χ0) is 12.7. The number of hydrogen-bond donors (Lipinski definition) is 1. The molecule has 0 aromatic carbocycles. The van der Waals surface area contributed by atoms with Gasteiger partial charge in [0.15, 0.2) is 0 Å². The molecule has 0 fully saturated rings. The highest BCUT2D eigenvalue weighted by Gasteiger charge is 2.11. The number of halogens is 2. The van der Waals surface area contributed by atoms with Crippen LogP contribution in [0.1, 0.15) is 33.1 Å². The molecule has 92 valence electrons. The van der Waals surface area contributed by atoms with Gasteiger partial charge in [0.25, 0.3) is 0 Å². The molecule has 0 aromatic heterocycles. The number of aliphatic hydroxyl groups is 1. The van der Waals surface area contributed by atoms with Crippen LogP contribution in [-0.2, 0) is 0 Å². The monoisotopic (exact) mass is 230 g/mol. The first-order chi connectivity index (χ1) is 7.32. The maximum atomic E-state index is 12.9. The Morgan fingerprint density at radius 1 is 1.25 bits per heavy atom. The van der Waals surface area contributed by atoms with Crippen LogP contribution >= 0.6 is 0 Å². The van der Waals surface area contributed by atoms with E-state index in [2.05, 4.69) is 13.2 Å². The van der Waals surface area contributed by atoms with Crippen molar-refractivity contribution in [2.45, 2.75) is 39.2 Å². The number of hydrogen-bond acceptors (Lipinski definition) is 1. The van der Waals surface area contributed by atoms with Gasteiger partial charge in [0.2, 0.25) is 0 Å². The van der Waals surface area contributed by atoms with Crippen LogP contribution in [-0.4, -0.2) is 11.2 Å². The van der Waals surface area contributed by atoms with Crippen molar-refractivity contribution in [3.8, 4) is 0 Å². The van der Waals surface area contributed by atoms with Gasteiger partial charge in [-0.2, -0.15) is 0 Å². The molecule has 0 saturated carbocycles. The van der Waals surface area contributed by atoms with Crippen molar-refractivity contribution in [2.75, 3.05) is 0 Å². The lowest BCUT2D eigenvalue weighted by Crippen LogP contribution is -2.09. The Bertz CT molecular complexity index is 280. The summed E-state index contributed by atoms with van der Waals surface area (Å²) >= 11 is 0. The van der Waals surface area contributed by atoms with Gasteiger partial charge >= 0.3 is 0 Å². The lowest BCUT2D eigenvalue weighted by atomic mass is 9.99. The molecule has 0 saturated heterocycles. The average Bonchev–Trinajstić information content (AvgIpc) is 2.12. The Morgan fingerprint density at radius 3 is 2.19 bits per heavy atom. The van der Waals surface area contributed by atoms with Gasteiger partial charge < -0.3 is 5.11 Å². The summed E-state index contributed by atoms with van der Waals surface area (Å²) in [4.78, 5) is 0. The highest BCUT2D eigenvalue weighted by molar-refractivity contribution is 5.29. The molecule has 0 spiro atoms. The van der Waals surface area contributed by atoms with Crippen LogP contribution in [0.3, 0.4) is 0 Å². The maximum Gasteiger partial charge on any atom is 0.119 e. The second-order valence-electron chi connectivity index (χ2n) is 4.35. The fourth-order valence-corrected chi connectivity index (χ4v) is 1.32. The summed E-state index contributed by atoms with van der Waals surface area (Å²) < 4.78 is 25.4. The molecule has 0 heterocycles. The van der Waals surface area contributed by atoms with E-state index in [1.807, 2.05) is 13.8 Å². The van der Waals surface area contributed by atoms with Crippen molar-refractivity contribution < 1.29 is 13.9 Å². The summed E-state index contributed by atoms with van der Waals surface area (Å²) in [5.41, 5.74) is 0.0729. The zero-order valence-corrected chi connectivity index (χ0v) is 9.97. The zero-order valence-electron chi connectivity index (χ0n) is 9.97. The van der Waals surface area contributed by atoms with E-state index in [-0.39, 0.29) is 12.0 Å². The highest BCUT2D eigenvalue weighted by atomic mass is 19.1. The van der Waals surface area contributed by atoms with Crippen molar-refractivity contribution in [3.05, 3.63) is 36.5 Å². The number of aliphatic hydroxyl groups excluding tert-OH is 1. The first-order valence-electron chi connectivity index (χ1n) is 5.40. The Hall–Kier alpha value is -0.960. The molecule has 1 unspecified atom stereocenters. The van der Waals surface area contributed by atoms with Crippen molar-refractivity contribution in [3.63, 3.8) is 0 Å². The molecule has 0 aliphatic heterocycles. The van der Waals surface area contributed by atoms with E-state index in [1.54, 1.807) is 0 Å². The van der Waals surface area contributed by atoms with Gasteiger partial charge in [-0.05, 0) is 30.4 Å². The first kappa shape index (κ1) is 15.0. The Morgan fingerprint density at radius 2 is 1.81 bits per heavy atom. The molecule has 0 aliphatic carbocycles. The fourth-order valence-electron chi connectivity index (χ4n) is 1.32. The van der Waals surface area contributed by atoms with E-state index in [9.17, 15) is 13.9 Å². The average molecular weight is 230 g/mol. The molecule has 0 bridgehead atoms. The van der Waals surface area contributed by atoms with E-state index in [1.165, 1.54) is 0 Å². The van der Waals surface area contributed by atoms with Crippen LogP contribution < -0.4 is 0 Å². The van der Waals surface area contributed by atoms with Gasteiger partial charge in [0, 0.05) is 6.42 Å². The normalized spacial score (nSPS) is 14.0. The summed E-state index contributed by atoms with van der Waals surface area (Å²) in [6, 6.07) is 0. The molecule has 3 heteroatoms. The van der Waals surface area contributed by atoms with Crippen LogP contribution in [0, 0.1) is 5.92 Å². The lowest BCUT2D eigenvalue weighted by molar-refractivity contribution is 0.156. The fraction of sp³-hybridized carbons (Fsp3) is 0.538. The lowest BCUT2D eigenvalue weighted by Gasteiger charge is -2.13. The summed E-state index contributed by atoms with van der Waals surface area (Å²) in [5.74, 6) is -0.973. The molecule has 16 heavy (non-hydrogen) atoms. The Balaban J connectivity index is 4.30. The maximum absolute atomic E-state index is 12.9. The number of allylic oxidation sites excluding steroid dienone is 3. The molecular weight excluding hydrogens is 210 g/mol. The second kappa shape index (κ2) is 7.34. The summed E-state index contributed by atoms with van der Waals surface area (Å²) in [7, 11) is 0. The quantitative estimate of drug-likeness (QED) is 0.654. The molecular formula is C13H20F2O. The topological polar surface area (TPSA) is 20.2 Å². The van der Waals surface area contributed by atoms with Crippen LogP contribution in [0.15, 0.2) is 36.5 Å². The van der Waals surface area contributed by atoms with Gasteiger partial charge in [0.05, 0.1) is 6.10 Å². The smallest absolute Gasteiger partial charge is 0.119 e. The predicted molar refractivity (Wildman–Crippen MR) is 63.3 cm³/mol. The van der Waals surface area contributed by atoms with Crippen molar-refractivity contribution in [2.24, 2.45) is 5.92 Å². The van der Waals surface area contributed by atoms with E-state index in [4.69, 9.17) is 0 Å². The van der Waals surface area contributed by atoms with E-state index in [0.29, 0.717) is 12.3 Å². The van der Waals surface area contributed by atoms with Crippen molar-refractivity contribution in [1.29, 1.82) is 0 Å². The van der Waals surface area contributed by atoms with Crippen molar-refractivity contribution >= 4 is 0 Å². The van der Waals surface area contributed by atoms with E-state index in [0.717, 1.165) is 12.5 Å². The summed E-state index contributed by atoms with van der Waals surface area (Å²) in [6.45, 7) is 10.2. The summed E-state index contributed by atoms with van der Waals surface area (Å²) in [5, 5.41) is 9.63. The molecule has 1 nitrogen and oxygen atoms in total. The molecule has 0 amide bonds. The first-order valence-corrected chi connectivity index (χ1v) is 5.40. The minimum absolute atomic E-state index is 0.0729.